The van der Waals surface area contributed by atoms with Crippen LogP contribution < -0.4 is 5.11 Å². The number of quaternary nitrogens is 1. The first-order valence-corrected chi connectivity index (χ1v) is 31.6. The van der Waals surface area contributed by atoms with Crippen molar-refractivity contribution in [3.63, 3.8) is 0 Å². The number of allylic oxidation sites excluding steroid dienone is 12. The highest BCUT2D eigenvalue weighted by Crippen LogP contribution is 2.17. The number of likely N-dealkylation sites (N-methyl/N-ethyl adjacent to an activating group) is 1. The van der Waals surface area contributed by atoms with E-state index in [4.69, 9.17) is 18.9 Å². The number of carbonyl (C=O) groups is 3. The quantitative estimate of drug-likeness (QED) is 0.0195. The molecule has 2 unspecified atom stereocenters. The van der Waals surface area contributed by atoms with Gasteiger partial charge in [-0.15, -0.1) is 0 Å². The number of ether oxygens (including phenoxy) is 4. The van der Waals surface area contributed by atoms with Gasteiger partial charge in [0, 0.05) is 12.8 Å². The molecule has 9 nitrogen and oxygen atoms in total. The number of hydrogen-bond donors (Lipinski definition) is 0. The van der Waals surface area contributed by atoms with Crippen LogP contribution in [0, 0.1) is 0 Å². The van der Waals surface area contributed by atoms with E-state index in [-0.39, 0.29) is 32.2 Å². The molecule has 0 bridgehead atoms. The van der Waals surface area contributed by atoms with Gasteiger partial charge in [-0.25, -0.2) is 0 Å². The van der Waals surface area contributed by atoms with Crippen molar-refractivity contribution in [3.05, 3.63) is 72.9 Å². The zero-order chi connectivity index (χ0) is 55.5. The maximum absolute atomic E-state index is 12.9. The Hall–Kier alpha value is -3.27. The lowest BCUT2D eigenvalue weighted by atomic mass is 10.0. The van der Waals surface area contributed by atoms with Crippen molar-refractivity contribution in [2.75, 3.05) is 47.5 Å². The standard InChI is InChI=1S/C67H119NO8/c1-6-8-10-12-14-16-18-20-22-24-26-28-30-32-33-34-36-38-40-42-44-46-48-50-52-54-56-58-65(70)76-63(62-75-67(66(71)72)73-60-59-68(3,4)5)61-74-64(69)57-55-53-51-49-47-45-43-41-39-37-35-31-29-27-25-23-21-19-17-15-13-11-9-7-2/h8,10,14,16,20,22,26,28,32-33,36,38,63,67H,6-7,9,11-13,15,17-19,21,23-25,27,29-31,34-35,37,39-62H2,1-5H3/b10-8-,16-14-,22-20-,28-26-,33-32-,38-36-. The molecule has 0 aromatic carbocycles. The zero-order valence-electron chi connectivity index (χ0n) is 50.1. The SMILES string of the molecule is CC/C=C\C/C=C\C/C=C\C/C=C\C/C=C\C/C=C\CCCCCCCCCCC(=O)OC(COC(=O)CCCCCCCCCCCCCCCCCCCCCCCCCC)COC(OCC[N+](C)(C)C)C(=O)[O-]. The number of hydrogen-bond acceptors (Lipinski definition) is 8. The van der Waals surface area contributed by atoms with E-state index in [9.17, 15) is 19.5 Å². The van der Waals surface area contributed by atoms with Crippen LogP contribution in [0.3, 0.4) is 0 Å². The van der Waals surface area contributed by atoms with E-state index in [2.05, 4.69) is 86.8 Å². The summed E-state index contributed by atoms with van der Waals surface area (Å²) in [5.41, 5.74) is 0. The zero-order valence-corrected chi connectivity index (χ0v) is 50.1. The first-order valence-electron chi connectivity index (χ1n) is 31.6. The number of aliphatic carboxylic acids is 1. The Kier molecular flexibility index (Phi) is 55.4. The molecule has 0 heterocycles. The van der Waals surface area contributed by atoms with Gasteiger partial charge >= 0.3 is 11.9 Å². The minimum Gasteiger partial charge on any atom is -0.545 e. The summed E-state index contributed by atoms with van der Waals surface area (Å²) in [7, 11) is 5.92. The molecule has 0 fully saturated rings. The van der Waals surface area contributed by atoms with Gasteiger partial charge in [-0.3, -0.25) is 9.59 Å². The fourth-order valence-corrected chi connectivity index (χ4v) is 8.89. The molecule has 0 radical (unpaired) electrons. The molecule has 0 amide bonds. The largest absolute Gasteiger partial charge is 0.545 e. The van der Waals surface area contributed by atoms with Crippen LogP contribution in [0.2, 0.25) is 0 Å². The Morgan fingerprint density at radius 2 is 0.750 bits per heavy atom. The molecular formula is C67H119NO8. The third-order valence-corrected chi connectivity index (χ3v) is 13.7. The monoisotopic (exact) mass is 1070 g/mol. The van der Waals surface area contributed by atoms with Crippen LogP contribution in [0.4, 0.5) is 0 Å². The van der Waals surface area contributed by atoms with Gasteiger partial charge in [0.2, 0.25) is 0 Å². The van der Waals surface area contributed by atoms with Crippen molar-refractivity contribution in [2.24, 2.45) is 0 Å². The number of rotatable bonds is 58. The van der Waals surface area contributed by atoms with E-state index in [1.54, 1.807) is 0 Å². The van der Waals surface area contributed by atoms with Gasteiger partial charge in [-0.05, 0) is 64.2 Å². The Morgan fingerprint density at radius 3 is 1.12 bits per heavy atom. The number of esters is 2. The lowest BCUT2D eigenvalue weighted by Crippen LogP contribution is -2.44. The summed E-state index contributed by atoms with van der Waals surface area (Å²) < 4.78 is 22.8. The van der Waals surface area contributed by atoms with Crippen molar-refractivity contribution >= 4 is 17.9 Å². The summed E-state index contributed by atoms with van der Waals surface area (Å²) in [6.07, 6.45) is 72.4. The predicted molar refractivity (Wildman–Crippen MR) is 320 cm³/mol. The molecule has 0 aliphatic heterocycles. The molecular weight excluding hydrogens is 947 g/mol. The van der Waals surface area contributed by atoms with Crippen LogP contribution in [0.1, 0.15) is 277 Å². The Bertz CT molecular complexity index is 1470. The van der Waals surface area contributed by atoms with Crippen LogP contribution >= 0.6 is 0 Å². The Morgan fingerprint density at radius 1 is 0.408 bits per heavy atom. The molecule has 9 heteroatoms. The Balaban J connectivity index is 4.21. The van der Waals surface area contributed by atoms with Crippen molar-refractivity contribution in [1.29, 1.82) is 0 Å². The number of carbonyl (C=O) groups excluding carboxylic acids is 3. The number of unbranched alkanes of at least 4 members (excludes halogenated alkanes) is 31. The highest BCUT2D eigenvalue weighted by Gasteiger charge is 2.22. The molecule has 76 heavy (non-hydrogen) atoms. The van der Waals surface area contributed by atoms with E-state index in [1.807, 2.05) is 21.1 Å². The second-order valence-corrected chi connectivity index (χ2v) is 22.3. The van der Waals surface area contributed by atoms with Crippen LogP contribution in [-0.4, -0.2) is 82.3 Å². The normalized spacial score (nSPS) is 13.2. The topological polar surface area (TPSA) is 111 Å². The second-order valence-electron chi connectivity index (χ2n) is 22.3. The van der Waals surface area contributed by atoms with Gasteiger partial charge < -0.3 is 33.3 Å². The fourth-order valence-electron chi connectivity index (χ4n) is 8.89. The summed E-state index contributed by atoms with van der Waals surface area (Å²) in [5, 5.41) is 11.8. The molecule has 0 spiro atoms. The molecule has 0 saturated carbocycles. The second kappa shape index (κ2) is 57.9. The lowest BCUT2D eigenvalue weighted by molar-refractivity contribution is -0.870. The van der Waals surface area contributed by atoms with Gasteiger partial charge in [-0.1, -0.05) is 273 Å². The van der Waals surface area contributed by atoms with E-state index in [0.717, 1.165) is 83.5 Å². The van der Waals surface area contributed by atoms with Crippen molar-refractivity contribution in [1.82, 2.24) is 0 Å². The fraction of sp³-hybridized carbons (Fsp3) is 0.776. The van der Waals surface area contributed by atoms with Crippen LogP contribution in [0.25, 0.3) is 0 Å². The average molecular weight is 1070 g/mol. The van der Waals surface area contributed by atoms with Crippen LogP contribution in [0.15, 0.2) is 72.9 Å². The maximum atomic E-state index is 12.9. The number of carboxylic acids is 1. The smallest absolute Gasteiger partial charge is 0.306 e. The van der Waals surface area contributed by atoms with Gasteiger partial charge in [0.1, 0.15) is 13.2 Å². The van der Waals surface area contributed by atoms with E-state index >= 15 is 0 Å². The minimum absolute atomic E-state index is 0.144. The van der Waals surface area contributed by atoms with Gasteiger partial charge in [-0.2, -0.15) is 0 Å². The summed E-state index contributed by atoms with van der Waals surface area (Å²) in [6, 6.07) is 0. The molecule has 0 aromatic rings. The number of nitrogens with zero attached hydrogens (tertiary/aromatic N) is 1. The van der Waals surface area contributed by atoms with Gasteiger partial charge in [0.25, 0.3) is 0 Å². The molecule has 2 atom stereocenters. The highest BCUT2D eigenvalue weighted by atomic mass is 16.7. The first kappa shape index (κ1) is 72.7. The summed E-state index contributed by atoms with van der Waals surface area (Å²) in [6.45, 7) is 4.66. The van der Waals surface area contributed by atoms with Crippen LogP contribution in [-0.2, 0) is 33.3 Å². The molecule has 440 valence electrons. The third-order valence-electron chi connectivity index (χ3n) is 13.7. The minimum atomic E-state index is -1.63. The summed E-state index contributed by atoms with van der Waals surface area (Å²) >= 11 is 0. The van der Waals surface area contributed by atoms with Crippen molar-refractivity contribution in [2.45, 2.75) is 289 Å². The summed E-state index contributed by atoms with van der Waals surface area (Å²) in [5.74, 6) is -2.28. The molecule has 0 aromatic heterocycles. The van der Waals surface area contributed by atoms with E-state index in [0.29, 0.717) is 23.9 Å². The highest BCUT2D eigenvalue weighted by molar-refractivity contribution is 5.70. The molecule has 0 N–H and O–H groups in total. The third kappa shape index (κ3) is 58.4. The number of carboxylic acid groups (broad SMARTS) is 1. The van der Waals surface area contributed by atoms with Gasteiger partial charge in [0.15, 0.2) is 12.4 Å². The molecule has 0 aliphatic rings. The Labute approximate surface area is 468 Å². The van der Waals surface area contributed by atoms with Crippen molar-refractivity contribution < 1.29 is 42.9 Å². The first-order chi connectivity index (χ1) is 37.1. The molecule has 0 rings (SSSR count). The van der Waals surface area contributed by atoms with Gasteiger partial charge in [0.05, 0.1) is 40.3 Å². The summed E-state index contributed by atoms with van der Waals surface area (Å²) in [4.78, 5) is 37.4. The maximum Gasteiger partial charge on any atom is 0.306 e. The predicted octanol–water partition coefficient (Wildman–Crippen LogP) is 17.6. The van der Waals surface area contributed by atoms with Crippen molar-refractivity contribution in [3.8, 4) is 0 Å². The lowest BCUT2D eigenvalue weighted by Gasteiger charge is -2.26. The molecule has 0 saturated heterocycles. The van der Waals surface area contributed by atoms with Crippen LogP contribution in [0.5, 0.6) is 0 Å². The average Bonchev–Trinajstić information content (AvgIpc) is 3.39. The van der Waals surface area contributed by atoms with E-state index in [1.165, 1.54) is 161 Å². The molecule has 0 aliphatic carbocycles. The van der Waals surface area contributed by atoms with E-state index < -0.39 is 24.3 Å².